The van der Waals surface area contributed by atoms with Crippen molar-refractivity contribution in [3.8, 4) is 17.1 Å². The second kappa shape index (κ2) is 7.83. The SMILES string of the molecule is CCCCNC(=O)Cn1c(-c2cccc(OC)c2)nc2ccccc21. The lowest BCUT2D eigenvalue weighted by Gasteiger charge is -2.10. The molecule has 0 spiro atoms. The van der Waals surface area contributed by atoms with Crippen LogP contribution in [-0.4, -0.2) is 29.1 Å². The van der Waals surface area contributed by atoms with Crippen molar-refractivity contribution >= 4 is 16.9 Å². The molecule has 5 nitrogen and oxygen atoms in total. The number of hydrogen-bond acceptors (Lipinski definition) is 3. The largest absolute Gasteiger partial charge is 0.497 e. The van der Waals surface area contributed by atoms with Crippen molar-refractivity contribution in [1.82, 2.24) is 14.9 Å². The summed E-state index contributed by atoms with van der Waals surface area (Å²) in [6.45, 7) is 3.06. The molecule has 1 aromatic heterocycles. The van der Waals surface area contributed by atoms with E-state index in [-0.39, 0.29) is 12.5 Å². The van der Waals surface area contributed by atoms with E-state index in [1.807, 2.05) is 53.1 Å². The number of imidazole rings is 1. The molecular formula is C20H23N3O2. The summed E-state index contributed by atoms with van der Waals surface area (Å²) in [5, 5.41) is 2.98. The van der Waals surface area contributed by atoms with Gasteiger partial charge in [-0.05, 0) is 30.7 Å². The van der Waals surface area contributed by atoms with Crippen molar-refractivity contribution in [2.24, 2.45) is 0 Å². The highest BCUT2D eigenvalue weighted by Crippen LogP contribution is 2.27. The molecule has 0 aliphatic heterocycles. The quantitative estimate of drug-likeness (QED) is 0.670. The third-order valence-corrected chi connectivity index (χ3v) is 4.14. The lowest BCUT2D eigenvalue weighted by Crippen LogP contribution is -2.28. The van der Waals surface area contributed by atoms with E-state index in [9.17, 15) is 4.79 Å². The van der Waals surface area contributed by atoms with Gasteiger partial charge in [0.1, 0.15) is 18.1 Å². The van der Waals surface area contributed by atoms with Gasteiger partial charge in [-0.1, -0.05) is 37.6 Å². The van der Waals surface area contributed by atoms with Gasteiger partial charge >= 0.3 is 0 Å². The lowest BCUT2D eigenvalue weighted by molar-refractivity contribution is -0.121. The van der Waals surface area contributed by atoms with Gasteiger partial charge in [0.05, 0.1) is 18.1 Å². The first kappa shape index (κ1) is 17.0. The number of carbonyl (C=O) groups is 1. The minimum absolute atomic E-state index is 0.000694. The van der Waals surface area contributed by atoms with Crippen molar-refractivity contribution in [2.75, 3.05) is 13.7 Å². The molecule has 2 aromatic carbocycles. The molecule has 1 amide bonds. The van der Waals surface area contributed by atoms with Crippen LogP contribution in [0.5, 0.6) is 5.75 Å². The summed E-state index contributed by atoms with van der Waals surface area (Å²) in [5.74, 6) is 1.54. The summed E-state index contributed by atoms with van der Waals surface area (Å²) in [5.41, 5.74) is 2.75. The molecule has 130 valence electrons. The Morgan fingerprint density at radius 2 is 2.04 bits per heavy atom. The molecule has 3 rings (SSSR count). The molecule has 1 heterocycles. The summed E-state index contributed by atoms with van der Waals surface area (Å²) in [7, 11) is 1.64. The Labute approximate surface area is 147 Å². The summed E-state index contributed by atoms with van der Waals surface area (Å²) in [6.07, 6.45) is 2.04. The van der Waals surface area contributed by atoms with Crippen molar-refractivity contribution in [3.05, 3.63) is 48.5 Å². The molecule has 1 N–H and O–H groups in total. The molecule has 0 fully saturated rings. The van der Waals surface area contributed by atoms with Crippen LogP contribution in [0.4, 0.5) is 0 Å². The van der Waals surface area contributed by atoms with Gasteiger partial charge < -0.3 is 14.6 Å². The van der Waals surface area contributed by atoms with Crippen molar-refractivity contribution in [1.29, 1.82) is 0 Å². The Morgan fingerprint density at radius 1 is 1.20 bits per heavy atom. The summed E-state index contributed by atoms with van der Waals surface area (Å²) < 4.78 is 7.28. The number of para-hydroxylation sites is 2. The van der Waals surface area contributed by atoms with Crippen LogP contribution in [0, 0.1) is 0 Å². The number of unbranched alkanes of at least 4 members (excludes halogenated alkanes) is 1. The zero-order valence-electron chi connectivity index (χ0n) is 14.7. The van der Waals surface area contributed by atoms with Crippen LogP contribution in [0.25, 0.3) is 22.4 Å². The fraction of sp³-hybridized carbons (Fsp3) is 0.300. The topological polar surface area (TPSA) is 56.2 Å². The Morgan fingerprint density at radius 3 is 2.84 bits per heavy atom. The third-order valence-electron chi connectivity index (χ3n) is 4.14. The second-order valence-corrected chi connectivity index (χ2v) is 5.95. The van der Waals surface area contributed by atoms with Crippen LogP contribution in [0.2, 0.25) is 0 Å². The van der Waals surface area contributed by atoms with E-state index in [1.165, 1.54) is 0 Å². The molecule has 25 heavy (non-hydrogen) atoms. The van der Waals surface area contributed by atoms with E-state index >= 15 is 0 Å². The van der Waals surface area contributed by atoms with Gasteiger partial charge in [0.25, 0.3) is 0 Å². The Balaban J connectivity index is 1.98. The first-order chi connectivity index (χ1) is 12.2. The molecule has 0 unspecified atom stereocenters. The van der Waals surface area contributed by atoms with E-state index in [1.54, 1.807) is 7.11 Å². The van der Waals surface area contributed by atoms with Crippen molar-refractivity contribution in [3.63, 3.8) is 0 Å². The molecule has 0 saturated carbocycles. The lowest BCUT2D eigenvalue weighted by atomic mass is 10.2. The predicted molar refractivity (Wildman–Crippen MR) is 99.6 cm³/mol. The maximum atomic E-state index is 12.4. The molecule has 0 atom stereocenters. The number of methoxy groups -OCH3 is 1. The minimum Gasteiger partial charge on any atom is -0.497 e. The van der Waals surface area contributed by atoms with Crippen molar-refractivity contribution < 1.29 is 9.53 Å². The summed E-state index contributed by atoms with van der Waals surface area (Å²) >= 11 is 0. The van der Waals surface area contributed by atoms with Gasteiger partial charge in [-0.15, -0.1) is 0 Å². The molecule has 5 heteroatoms. The number of ether oxygens (including phenoxy) is 1. The first-order valence-electron chi connectivity index (χ1n) is 8.59. The van der Waals surface area contributed by atoms with Crippen LogP contribution < -0.4 is 10.1 Å². The van der Waals surface area contributed by atoms with E-state index < -0.39 is 0 Å². The normalized spacial score (nSPS) is 10.8. The average Bonchev–Trinajstić information content (AvgIpc) is 3.00. The van der Waals surface area contributed by atoms with E-state index in [0.717, 1.165) is 41.0 Å². The maximum absolute atomic E-state index is 12.4. The number of nitrogens with zero attached hydrogens (tertiary/aromatic N) is 2. The Kier molecular flexibility index (Phi) is 5.33. The smallest absolute Gasteiger partial charge is 0.240 e. The number of amides is 1. The van der Waals surface area contributed by atoms with Crippen LogP contribution in [-0.2, 0) is 11.3 Å². The predicted octanol–water partition coefficient (Wildman–Crippen LogP) is 3.63. The zero-order valence-corrected chi connectivity index (χ0v) is 14.7. The second-order valence-electron chi connectivity index (χ2n) is 5.95. The molecule has 0 bridgehead atoms. The van der Waals surface area contributed by atoms with Crippen LogP contribution in [0.1, 0.15) is 19.8 Å². The molecule has 3 aromatic rings. The van der Waals surface area contributed by atoms with Gasteiger partial charge in [-0.2, -0.15) is 0 Å². The van der Waals surface area contributed by atoms with Crippen LogP contribution in [0.3, 0.4) is 0 Å². The van der Waals surface area contributed by atoms with Gasteiger partial charge in [0, 0.05) is 12.1 Å². The van der Waals surface area contributed by atoms with Gasteiger partial charge in [0.2, 0.25) is 5.91 Å². The monoisotopic (exact) mass is 337 g/mol. The molecule has 0 radical (unpaired) electrons. The summed E-state index contributed by atoms with van der Waals surface area (Å²) in [6, 6.07) is 15.6. The zero-order chi connectivity index (χ0) is 17.6. The van der Waals surface area contributed by atoms with Gasteiger partial charge in [0.15, 0.2) is 0 Å². The fourth-order valence-corrected chi connectivity index (χ4v) is 2.82. The van der Waals surface area contributed by atoms with E-state index in [2.05, 4.69) is 12.2 Å². The molecular weight excluding hydrogens is 314 g/mol. The molecule has 0 aliphatic carbocycles. The average molecular weight is 337 g/mol. The summed E-state index contributed by atoms with van der Waals surface area (Å²) in [4.78, 5) is 17.1. The number of hydrogen-bond donors (Lipinski definition) is 1. The third kappa shape index (κ3) is 3.82. The van der Waals surface area contributed by atoms with Crippen molar-refractivity contribution in [2.45, 2.75) is 26.3 Å². The van der Waals surface area contributed by atoms with E-state index in [4.69, 9.17) is 9.72 Å². The Hall–Kier alpha value is -2.82. The Bertz CT molecular complexity index is 870. The number of carbonyl (C=O) groups excluding carboxylic acids is 1. The number of benzene rings is 2. The number of aromatic nitrogens is 2. The van der Waals surface area contributed by atoms with Crippen LogP contribution in [0.15, 0.2) is 48.5 Å². The minimum atomic E-state index is 0.000694. The maximum Gasteiger partial charge on any atom is 0.240 e. The highest BCUT2D eigenvalue weighted by atomic mass is 16.5. The highest BCUT2D eigenvalue weighted by Gasteiger charge is 2.15. The number of fused-ring (bicyclic) bond motifs is 1. The van der Waals surface area contributed by atoms with Crippen LogP contribution >= 0.6 is 0 Å². The van der Waals surface area contributed by atoms with E-state index in [0.29, 0.717) is 6.54 Å². The van der Waals surface area contributed by atoms with Gasteiger partial charge in [-0.25, -0.2) is 4.98 Å². The first-order valence-corrected chi connectivity index (χ1v) is 8.59. The number of rotatable bonds is 7. The van der Waals surface area contributed by atoms with Gasteiger partial charge in [-0.3, -0.25) is 4.79 Å². The molecule has 0 aliphatic rings. The fourth-order valence-electron chi connectivity index (χ4n) is 2.82. The molecule has 0 saturated heterocycles. The highest BCUT2D eigenvalue weighted by molar-refractivity contribution is 5.84. The number of nitrogens with one attached hydrogen (secondary N) is 1. The standard InChI is InChI=1S/C20H23N3O2/c1-3-4-12-21-19(24)14-23-18-11-6-5-10-17(18)22-20(23)15-8-7-9-16(13-15)25-2/h5-11,13H,3-4,12,14H2,1-2H3,(H,21,24).